The van der Waals surface area contributed by atoms with Crippen molar-refractivity contribution in [1.82, 2.24) is 25.1 Å². The Morgan fingerprint density at radius 2 is 2.10 bits per heavy atom. The Kier molecular flexibility index (Phi) is 6.56. The molecule has 0 saturated carbocycles. The summed E-state index contributed by atoms with van der Waals surface area (Å²) in [5, 5.41) is 16.6. The van der Waals surface area contributed by atoms with Crippen molar-refractivity contribution < 1.29 is 9.90 Å². The van der Waals surface area contributed by atoms with E-state index >= 15 is 0 Å². The minimum absolute atomic E-state index is 0.192. The smallest absolute Gasteiger partial charge is 0.270 e. The maximum Gasteiger partial charge on any atom is 0.270 e. The summed E-state index contributed by atoms with van der Waals surface area (Å²) in [6.45, 7) is 4.48. The molecule has 8 heteroatoms. The summed E-state index contributed by atoms with van der Waals surface area (Å²) in [5.41, 5.74) is 3.00. The minimum atomic E-state index is -0.632. The van der Waals surface area contributed by atoms with E-state index in [9.17, 15) is 9.90 Å². The summed E-state index contributed by atoms with van der Waals surface area (Å²) in [7, 11) is 2.09. The van der Waals surface area contributed by atoms with Crippen LogP contribution in [0.1, 0.15) is 28.0 Å². The largest absolute Gasteiger partial charge is 0.390 e. The molecule has 2 aliphatic heterocycles. The Balaban J connectivity index is 1.25. The molecule has 1 fully saturated rings. The number of anilines is 1. The standard InChI is InChI=1S/C22H30N6O2/c1-27-8-7-18(13-27)26-21-10-20(24-15-25-21)22(30)23-11-19(29)14-28-9-6-16-4-2-3-5-17(16)12-28/h2-5,10,15,18-19,29H,6-9,11-14H2,1H3,(H,23,30)(H,24,25,26). The Labute approximate surface area is 177 Å². The Bertz CT molecular complexity index is 876. The second kappa shape index (κ2) is 9.51. The summed E-state index contributed by atoms with van der Waals surface area (Å²) in [6.07, 6.45) is 2.81. The number of benzene rings is 1. The van der Waals surface area contributed by atoms with Gasteiger partial charge in [0.05, 0.1) is 6.10 Å². The van der Waals surface area contributed by atoms with E-state index in [2.05, 4.69) is 61.7 Å². The lowest BCUT2D eigenvalue weighted by Crippen LogP contribution is -2.42. The molecule has 2 aromatic rings. The molecule has 2 aliphatic rings. The zero-order valence-electron chi connectivity index (χ0n) is 17.4. The van der Waals surface area contributed by atoms with Gasteiger partial charge in [-0.3, -0.25) is 9.69 Å². The number of carbonyl (C=O) groups excluding carboxylic acids is 1. The number of rotatable bonds is 7. The number of hydrogen-bond acceptors (Lipinski definition) is 7. The number of fused-ring (bicyclic) bond motifs is 1. The molecule has 3 heterocycles. The van der Waals surface area contributed by atoms with Crippen LogP contribution in [-0.2, 0) is 13.0 Å². The van der Waals surface area contributed by atoms with Crippen LogP contribution in [0.15, 0.2) is 36.7 Å². The van der Waals surface area contributed by atoms with Gasteiger partial charge >= 0.3 is 0 Å². The van der Waals surface area contributed by atoms with Crippen molar-refractivity contribution in [3.05, 3.63) is 53.5 Å². The molecule has 0 spiro atoms. The molecule has 0 aliphatic carbocycles. The number of carbonyl (C=O) groups is 1. The number of β-amino-alcohol motifs (C(OH)–C–C–N with tert-alkyl or cyclic N) is 1. The average Bonchev–Trinajstić information content (AvgIpc) is 3.16. The third-order valence-electron chi connectivity index (χ3n) is 5.82. The molecule has 4 rings (SSSR count). The fourth-order valence-electron chi connectivity index (χ4n) is 4.20. The summed E-state index contributed by atoms with van der Waals surface area (Å²) in [4.78, 5) is 25.3. The Morgan fingerprint density at radius 1 is 1.27 bits per heavy atom. The Hall–Kier alpha value is -2.55. The molecule has 1 amide bonds. The van der Waals surface area contributed by atoms with E-state index in [1.807, 2.05) is 0 Å². The van der Waals surface area contributed by atoms with Crippen LogP contribution in [-0.4, -0.2) is 82.7 Å². The molecule has 1 aromatic carbocycles. The van der Waals surface area contributed by atoms with E-state index in [0.29, 0.717) is 24.1 Å². The number of likely N-dealkylation sites (tertiary alicyclic amines) is 1. The van der Waals surface area contributed by atoms with Crippen LogP contribution in [0.4, 0.5) is 5.82 Å². The molecule has 0 radical (unpaired) electrons. The van der Waals surface area contributed by atoms with Gasteiger partial charge in [-0.05, 0) is 37.6 Å². The minimum Gasteiger partial charge on any atom is -0.390 e. The highest BCUT2D eigenvalue weighted by molar-refractivity contribution is 5.92. The van der Waals surface area contributed by atoms with Crippen LogP contribution >= 0.6 is 0 Å². The molecule has 30 heavy (non-hydrogen) atoms. The van der Waals surface area contributed by atoms with Gasteiger partial charge in [0.1, 0.15) is 17.8 Å². The van der Waals surface area contributed by atoms with Crippen molar-refractivity contribution in [2.24, 2.45) is 0 Å². The van der Waals surface area contributed by atoms with Gasteiger partial charge < -0.3 is 20.6 Å². The predicted octanol–water partition coefficient (Wildman–Crippen LogP) is 0.742. The number of amides is 1. The summed E-state index contributed by atoms with van der Waals surface area (Å²) in [6, 6.07) is 10.4. The lowest BCUT2D eigenvalue weighted by molar-refractivity contribution is 0.0838. The van der Waals surface area contributed by atoms with E-state index in [1.54, 1.807) is 6.07 Å². The highest BCUT2D eigenvalue weighted by Gasteiger charge is 2.21. The second-order valence-electron chi connectivity index (χ2n) is 8.30. The predicted molar refractivity (Wildman–Crippen MR) is 115 cm³/mol. The molecule has 160 valence electrons. The maximum atomic E-state index is 12.5. The van der Waals surface area contributed by atoms with Crippen molar-refractivity contribution in [2.45, 2.75) is 31.5 Å². The van der Waals surface area contributed by atoms with Crippen molar-refractivity contribution in [3.8, 4) is 0 Å². The zero-order chi connectivity index (χ0) is 20.9. The molecule has 2 unspecified atom stereocenters. The first-order valence-electron chi connectivity index (χ1n) is 10.6. The van der Waals surface area contributed by atoms with Crippen molar-refractivity contribution in [1.29, 1.82) is 0 Å². The summed E-state index contributed by atoms with van der Waals surface area (Å²) < 4.78 is 0. The highest BCUT2D eigenvalue weighted by Crippen LogP contribution is 2.18. The number of aromatic nitrogens is 2. The number of aliphatic hydroxyl groups is 1. The zero-order valence-corrected chi connectivity index (χ0v) is 17.4. The fraction of sp³-hybridized carbons (Fsp3) is 0.500. The van der Waals surface area contributed by atoms with E-state index in [4.69, 9.17) is 0 Å². The molecule has 2 atom stereocenters. The molecule has 3 N–H and O–H groups in total. The van der Waals surface area contributed by atoms with Gasteiger partial charge in [-0.2, -0.15) is 0 Å². The van der Waals surface area contributed by atoms with E-state index in [1.165, 1.54) is 17.5 Å². The first kappa shape index (κ1) is 20.7. The molecule has 0 bridgehead atoms. The summed E-state index contributed by atoms with van der Waals surface area (Å²) >= 11 is 0. The topological polar surface area (TPSA) is 93.6 Å². The third-order valence-corrected chi connectivity index (χ3v) is 5.82. The van der Waals surface area contributed by atoms with Crippen LogP contribution in [0, 0.1) is 0 Å². The maximum absolute atomic E-state index is 12.5. The second-order valence-corrected chi connectivity index (χ2v) is 8.30. The van der Waals surface area contributed by atoms with Gasteiger partial charge in [0.25, 0.3) is 5.91 Å². The number of hydrogen-bond donors (Lipinski definition) is 3. The Morgan fingerprint density at radius 3 is 2.90 bits per heavy atom. The number of aliphatic hydroxyl groups excluding tert-OH is 1. The van der Waals surface area contributed by atoms with Crippen LogP contribution in [0.5, 0.6) is 0 Å². The van der Waals surface area contributed by atoms with E-state index in [0.717, 1.165) is 39.0 Å². The van der Waals surface area contributed by atoms with Gasteiger partial charge in [0.2, 0.25) is 0 Å². The molecular formula is C22H30N6O2. The number of nitrogens with zero attached hydrogens (tertiary/aromatic N) is 4. The first-order chi connectivity index (χ1) is 14.6. The van der Waals surface area contributed by atoms with Crippen LogP contribution in [0.2, 0.25) is 0 Å². The molecular weight excluding hydrogens is 380 g/mol. The van der Waals surface area contributed by atoms with Crippen LogP contribution < -0.4 is 10.6 Å². The lowest BCUT2D eigenvalue weighted by atomic mass is 10.00. The van der Waals surface area contributed by atoms with Crippen molar-refractivity contribution >= 4 is 11.7 Å². The van der Waals surface area contributed by atoms with Gasteiger partial charge in [0, 0.05) is 44.8 Å². The van der Waals surface area contributed by atoms with E-state index < -0.39 is 6.10 Å². The quantitative estimate of drug-likeness (QED) is 0.620. The fourth-order valence-corrected chi connectivity index (χ4v) is 4.20. The van der Waals surface area contributed by atoms with Crippen molar-refractivity contribution in [3.63, 3.8) is 0 Å². The van der Waals surface area contributed by atoms with Gasteiger partial charge in [0.15, 0.2) is 0 Å². The van der Waals surface area contributed by atoms with Crippen LogP contribution in [0.3, 0.4) is 0 Å². The molecule has 8 nitrogen and oxygen atoms in total. The molecule has 1 saturated heterocycles. The van der Waals surface area contributed by atoms with Gasteiger partial charge in [-0.15, -0.1) is 0 Å². The van der Waals surface area contributed by atoms with Gasteiger partial charge in [-0.1, -0.05) is 24.3 Å². The SMILES string of the molecule is CN1CCC(Nc2cc(C(=O)NCC(O)CN3CCc4ccccc4C3)ncn2)C1. The monoisotopic (exact) mass is 410 g/mol. The van der Waals surface area contributed by atoms with Crippen molar-refractivity contribution in [2.75, 3.05) is 45.1 Å². The molecule has 1 aromatic heterocycles. The third kappa shape index (κ3) is 5.33. The van der Waals surface area contributed by atoms with E-state index in [-0.39, 0.29) is 12.5 Å². The number of nitrogens with one attached hydrogen (secondary N) is 2. The first-order valence-corrected chi connectivity index (χ1v) is 10.6. The van der Waals surface area contributed by atoms with Gasteiger partial charge in [-0.25, -0.2) is 9.97 Å². The highest BCUT2D eigenvalue weighted by atomic mass is 16.3. The lowest BCUT2D eigenvalue weighted by Gasteiger charge is -2.30. The number of likely N-dealkylation sites (N-methyl/N-ethyl adjacent to an activating group) is 1. The summed E-state index contributed by atoms with van der Waals surface area (Å²) in [5.74, 6) is 0.356. The van der Waals surface area contributed by atoms with Crippen LogP contribution in [0.25, 0.3) is 0 Å². The average molecular weight is 411 g/mol. The normalized spacial score (nSPS) is 20.5.